The van der Waals surface area contributed by atoms with E-state index in [1.54, 1.807) is 28.9 Å². The lowest BCUT2D eigenvalue weighted by molar-refractivity contribution is -0.0555. The fraction of sp³-hybridized carbons (Fsp3) is 0.450. The highest BCUT2D eigenvalue weighted by molar-refractivity contribution is 6.31. The SMILES string of the molecule is Cn1ncc(Cl)c1C[C@@H]1c2cc(Cl)cc(F)c2C(=O)N1CC1CC2(CNC(=O)O2)C1. The maximum absolute atomic E-state index is 14.7. The molecule has 1 saturated carbocycles. The van der Waals surface area contributed by atoms with Crippen LogP contribution in [0.15, 0.2) is 18.3 Å². The number of hydrogen-bond acceptors (Lipinski definition) is 4. The molecule has 3 heterocycles. The average Bonchev–Trinajstić information content (AvgIpc) is 3.27. The van der Waals surface area contributed by atoms with Crippen LogP contribution < -0.4 is 5.32 Å². The number of alkyl carbamates (subject to hydrolysis) is 1. The zero-order chi connectivity index (χ0) is 21.2. The van der Waals surface area contributed by atoms with E-state index in [1.165, 1.54) is 0 Å². The highest BCUT2D eigenvalue weighted by atomic mass is 35.5. The van der Waals surface area contributed by atoms with Crippen LogP contribution in [-0.2, 0) is 18.2 Å². The molecule has 0 bridgehead atoms. The molecule has 30 heavy (non-hydrogen) atoms. The first-order valence-corrected chi connectivity index (χ1v) is 10.4. The molecule has 158 valence electrons. The third kappa shape index (κ3) is 3.04. The van der Waals surface area contributed by atoms with E-state index in [0.717, 1.165) is 11.8 Å². The Labute approximate surface area is 182 Å². The van der Waals surface area contributed by atoms with E-state index in [2.05, 4.69) is 10.4 Å². The number of ether oxygens (including phenoxy) is 1. The highest BCUT2D eigenvalue weighted by Gasteiger charge is 2.53. The fourth-order valence-electron chi connectivity index (χ4n) is 4.94. The van der Waals surface area contributed by atoms with Gasteiger partial charge < -0.3 is 15.0 Å². The number of benzene rings is 1. The molecule has 1 spiro atoms. The Morgan fingerprint density at radius 3 is 2.73 bits per heavy atom. The topological polar surface area (TPSA) is 76.5 Å². The second kappa shape index (κ2) is 6.85. The normalized spacial score (nSPS) is 27.3. The standard InChI is InChI=1S/C20H19Cl2FN4O3/c1-26-16(13(22)7-25-26)4-15-12-2-11(21)3-14(23)17(12)18(28)27(15)8-10-5-20(6-10)9-24-19(29)30-20/h2-3,7,10,15H,4-6,8-9H2,1H3,(H,24,29)/t10?,15-,20?/m1/s1. The Morgan fingerprint density at radius 1 is 1.33 bits per heavy atom. The van der Waals surface area contributed by atoms with Gasteiger partial charge in [-0.3, -0.25) is 9.48 Å². The molecule has 2 fully saturated rings. The van der Waals surface area contributed by atoms with Gasteiger partial charge in [0.1, 0.15) is 11.4 Å². The lowest BCUT2D eigenvalue weighted by Crippen LogP contribution is -2.51. The summed E-state index contributed by atoms with van der Waals surface area (Å²) in [5.74, 6) is -0.825. The monoisotopic (exact) mass is 452 g/mol. The van der Waals surface area contributed by atoms with Gasteiger partial charge in [-0.1, -0.05) is 23.2 Å². The number of aromatic nitrogens is 2. The molecule has 1 saturated heterocycles. The van der Waals surface area contributed by atoms with Crippen LogP contribution in [0.5, 0.6) is 0 Å². The summed E-state index contributed by atoms with van der Waals surface area (Å²) in [6, 6.07) is 2.41. The molecule has 2 aromatic rings. The third-order valence-electron chi connectivity index (χ3n) is 6.33. The van der Waals surface area contributed by atoms with Crippen LogP contribution in [0.25, 0.3) is 0 Å². The number of carbonyl (C=O) groups excluding carboxylic acids is 2. The van der Waals surface area contributed by atoms with Gasteiger partial charge in [0, 0.05) is 25.0 Å². The van der Waals surface area contributed by atoms with E-state index in [9.17, 15) is 14.0 Å². The molecule has 2 amide bonds. The van der Waals surface area contributed by atoms with Crippen molar-refractivity contribution in [2.45, 2.75) is 30.9 Å². The van der Waals surface area contributed by atoms with Gasteiger partial charge in [-0.05, 0) is 36.5 Å². The predicted molar refractivity (Wildman–Crippen MR) is 107 cm³/mol. The number of aryl methyl sites for hydroxylation is 1. The summed E-state index contributed by atoms with van der Waals surface area (Å²) < 4.78 is 21.7. The quantitative estimate of drug-likeness (QED) is 0.769. The number of carbonyl (C=O) groups is 2. The molecule has 3 aliphatic rings. The predicted octanol–water partition coefficient (Wildman–Crippen LogP) is 3.49. The van der Waals surface area contributed by atoms with Crippen LogP contribution in [0, 0.1) is 11.7 Å². The highest BCUT2D eigenvalue weighted by Crippen LogP contribution is 2.46. The van der Waals surface area contributed by atoms with Crippen LogP contribution in [0.3, 0.4) is 0 Å². The number of fused-ring (bicyclic) bond motifs is 1. The first-order chi connectivity index (χ1) is 14.3. The van der Waals surface area contributed by atoms with Gasteiger partial charge >= 0.3 is 6.09 Å². The zero-order valence-corrected chi connectivity index (χ0v) is 17.6. The number of nitrogens with one attached hydrogen (secondary N) is 1. The van der Waals surface area contributed by atoms with E-state index in [0.29, 0.717) is 42.9 Å². The van der Waals surface area contributed by atoms with E-state index in [-0.39, 0.29) is 22.4 Å². The zero-order valence-electron chi connectivity index (χ0n) is 16.1. The molecule has 1 aliphatic carbocycles. The van der Waals surface area contributed by atoms with Gasteiger partial charge in [0.25, 0.3) is 5.91 Å². The minimum Gasteiger partial charge on any atom is -0.441 e. The summed E-state index contributed by atoms with van der Waals surface area (Å²) in [6.45, 7) is 0.915. The Hall–Kier alpha value is -2.32. The molecule has 5 rings (SSSR count). The van der Waals surface area contributed by atoms with Gasteiger partial charge in [0.15, 0.2) is 0 Å². The molecule has 10 heteroatoms. The van der Waals surface area contributed by atoms with Crippen LogP contribution in [0.4, 0.5) is 9.18 Å². The summed E-state index contributed by atoms with van der Waals surface area (Å²) in [4.78, 5) is 26.3. The second-order valence-electron chi connectivity index (χ2n) is 8.29. The van der Waals surface area contributed by atoms with Gasteiger partial charge in [-0.15, -0.1) is 0 Å². The van der Waals surface area contributed by atoms with Gasteiger partial charge in [-0.2, -0.15) is 5.10 Å². The van der Waals surface area contributed by atoms with Crippen molar-refractivity contribution in [1.29, 1.82) is 0 Å². The lowest BCUT2D eigenvalue weighted by Gasteiger charge is -2.44. The van der Waals surface area contributed by atoms with Gasteiger partial charge in [0.2, 0.25) is 0 Å². The Balaban J connectivity index is 1.44. The van der Waals surface area contributed by atoms with E-state index >= 15 is 0 Å². The first kappa shape index (κ1) is 19.6. The number of hydrogen-bond donors (Lipinski definition) is 1. The summed E-state index contributed by atoms with van der Waals surface area (Å²) in [5, 5.41) is 7.58. The molecule has 0 radical (unpaired) electrons. The lowest BCUT2D eigenvalue weighted by atomic mass is 9.70. The summed E-state index contributed by atoms with van der Waals surface area (Å²) in [6.07, 6.45) is 2.86. The Morgan fingerprint density at radius 2 is 2.10 bits per heavy atom. The molecule has 2 aliphatic heterocycles. The number of nitrogens with zero attached hydrogens (tertiary/aromatic N) is 3. The Bertz CT molecular complexity index is 1050. The smallest absolute Gasteiger partial charge is 0.407 e. The van der Waals surface area contributed by atoms with Crippen molar-refractivity contribution >= 4 is 35.2 Å². The van der Waals surface area contributed by atoms with Crippen molar-refractivity contribution in [2.24, 2.45) is 13.0 Å². The molecule has 7 nitrogen and oxygen atoms in total. The largest absolute Gasteiger partial charge is 0.441 e. The van der Waals surface area contributed by atoms with Gasteiger partial charge in [0.05, 0.1) is 35.1 Å². The molecule has 1 atom stereocenters. The van der Waals surface area contributed by atoms with E-state index in [1.807, 2.05) is 0 Å². The number of amides is 2. The van der Waals surface area contributed by atoms with E-state index < -0.39 is 23.6 Å². The Kier molecular flexibility index (Phi) is 4.48. The van der Waals surface area contributed by atoms with Crippen molar-refractivity contribution in [2.75, 3.05) is 13.1 Å². The van der Waals surface area contributed by atoms with Crippen molar-refractivity contribution in [3.8, 4) is 0 Å². The molecule has 0 unspecified atom stereocenters. The maximum Gasteiger partial charge on any atom is 0.407 e. The van der Waals surface area contributed by atoms with Crippen LogP contribution in [0.2, 0.25) is 10.0 Å². The number of halogens is 3. The van der Waals surface area contributed by atoms with Gasteiger partial charge in [-0.25, -0.2) is 9.18 Å². The molecular weight excluding hydrogens is 434 g/mol. The minimum atomic E-state index is -0.620. The summed E-state index contributed by atoms with van der Waals surface area (Å²) in [5.41, 5.74) is 0.898. The summed E-state index contributed by atoms with van der Waals surface area (Å²) in [7, 11) is 1.78. The number of rotatable bonds is 4. The van der Waals surface area contributed by atoms with Crippen LogP contribution in [-0.4, -0.2) is 45.4 Å². The van der Waals surface area contributed by atoms with E-state index in [4.69, 9.17) is 27.9 Å². The molecule has 1 N–H and O–H groups in total. The molecular formula is C20H19Cl2FN4O3. The van der Waals surface area contributed by atoms with Crippen LogP contribution >= 0.6 is 23.2 Å². The van der Waals surface area contributed by atoms with Crippen molar-refractivity contribution in [3.05, 3.63) is 51.0 Å². The molecule has 1 aromatic heterocycles. The summed E-state index contributed by atoms with van der Waals surface area (Å²) >= 11 is 12.4. The minimum absolute atomic E-state index is 0.0608. The fourth-order valence-corrected chi connectivity index (χ4v) is 5.40. The van der Waals surface area contributed by atoms with Crippen LogP contribution in [0.1, 0.15) is 40.5 Å². The van der Waals surface area contributed by atoms with Crippen molar-refractivity contribution in [3.63, 3.8) is 0 Å². The first-order valence-electron chi connectivity index (χ1n) is 9.69. The maximum atomic E-state index is 14.7. The molecule has 1 aromatic carbocycles. The third-order valence-corrected chi connectivity index (χ3v) is 6.87. The van der Waals surface area contributed by atoms with Crippen molar-refractivity contribution < 1.29 is 18.7 Å². The second-order valence-corrected chi connectivity index (χ2v) is 9.14. The van der Waals surface area contributed by atoms with Crippen molar-refractivity contribution in [1.82, 2.24) is 20.0 Å². The average molecular weight is 453 g/mol.